The van der Waals surface area contributed by atoms with Crippen LogP contribution in [0.5, 0.6) is 0 Å². The molecule has 2 aromatic heterocycles. The predicted octanol–water partition coefficient (Wildman–Crippen LogP) is 3.95. The Kier molecular flexibility index (Phi) is 6.56. The number of benzene rings is 1. The second-order valence-electron chi connectivity index (χ2n) is 9.71. The zero-order chi connectivity index (χ0) is 24.5. The molecule has 9 heteroatoms. The SMILES string of the molecule is Cc1cc(-c2ccnc(Nc3cnn(C)c3C)n2)ccc1CNC(=O)N1CC(OC(C)(C)C)C1. The van der Waals surface area contributed by atoms with Gasteiger partial charge in [-0.3, -0.25) is 4.68 Å². The van der Waals surface area contributed by atoms with Crippen LogP contribution in [0, 0.1) is 13.8 Å². The van der Waals surface area contributed by atoms with Crippen LogP contribution in [0.25, 0.3) is 11.3 Å². The lowest BCUT2D eigenvalue weighted by atomic mass is 10.0. The number of ether oxygens (including phenoxy) is 1. The van der Waals surface area contributed by atoms with E-state index >= 15 is 0 Å². The first-order valence-electron chi connectivity index (χ1n) is 11.5. The van der Waals surface area contributed by atoms with Crippen LogP contribution in [-0.2, 0) is 18.3 Å². The molecule has 1 aliphatic heterocycles. The summed E-state index contributed by atoms with van der Waals surface area (Å²) in [6, 6.07) is 7.96. The van der Waals surface area contributed by atoms with Crippen LogP contribution >= 0.6 is 0 Å². The highest BCUT2D eigenvalue weighted by molar-refractivity contribution is 5.75. The molecule has 0 atom stereocenters. The Morgan fingerprint density at radius 3 is 2.62 bits per heavy atom. The Labute approximate surface area is 200 Å². The van der Waals surface area contributed by atoms with E-state index in [1.165, 1.54) is 0 Å². The molecule has 3 aromatic rings. The lowest BCUT2D eigenvalue weighted by Gasteiger charge is -2.41. The molecule has 34 heavy (non-hydrogen) atoms. The Hall–Kier alpha value is -3.46. The molecule has 0 unspecified atom stereocenters. The zero-order valence-electron chi connectivity index (χ0n) is 20.7. The van der Waals surface area contributed by atoms with Gasteiger partial charge >= 0.3 is 6.03 Å². The molecule has 1 saturated heterocycles. The summed E-state index contributed by atoms with van der Waals surface area (Å²) < 4.78 is 7.70. The summed E-state index contributed by atoms with van der Waals surface area (Å²) in [6.45, 7) is 11.9. The molecule has 2 N–H and O–H groups in total. The van der Waals surface area contributed by atoms with Crippen LogP contribution in [0.15, 0.2) is 36.7 Å². The van der Waals surface area contributed by atoms with Crippen molar-refractivity contribution in [3.63, 3.8) is 0 Å². The van der Waals surface area contributed by atoms with Crippen LogP contribution in [-0.4, -0.2) is 55.5 Å². The summed E-state index contributed by atoms with van der Waals surface area (Å²) in [7, 11) is 1.90. The van der Waals surface area contributed by atoms with Crippen molar-refractivity contribution in [2.45, 2.75) is 52.9 Å². The number of nitrogens with zero attached hydrogens (tertiary/aromatic N) is 5. The first-order valence-corrected chi connectivity index (χ1v) is 11.5. The van der Waals surface area contributed by atoms with Crippen molar-refractivity contribution in [3.05, 3.63) is 53.5 Å². The maximum Gasteiger partial charge on any atom is 0.317 e. The van der Waals surface area contributed by atoms with Gasteiger partial charge in [0.2, 0.25) is 5.95 Å². The van der Waals surface area contributed by atoms with E-state index in [0.717, 1.165) is 33.8 Å². The predicted molar refractivity (Wildman–Crippen MR) is 132 cm³/mol. The molecule has 1 aromatic carbocycles. The number of rotatable bonds is 6. The molecule has 0 spiro atoms. The highest BCUT2D eigenvalue weighted by atomic mass is 16.5. The summed E-state index contributed by atoms with van der Waals surface area (Å²) in [5, 5.41) is 10.5. The van der Waals surface area contributed by atoms with Crippen LogP contribution in [0.2, 0.25) is 0 Å². The van der Waals surface area contributed by atoms with Crippen molar-refractivity contribution in [1.29, 1.82) is 0 Å². The van der Waals surface area contributed by atoms with Crippen molar-refractivity contribution in [2.75, 3.05) is 18.4 Å². The maximum atomic E-state index is 12.5. The molecule has 2 amide bonds. The number of urea groups is 1. The Balaban J connectivity index is 1.35. The number of aromatic nitrogens is 4. The summed E-state index contributed by atoms with van der Waals surface area (Å²) in [4.78, 5) is 23.2. The number of anilines is 2. The van der Waals surface area contributed by atoms with Crippen LogP contribution in [0.1, 0.15) is 37.6 Å². The zero-order valence-corrected chi connectivity index (χ0v) is 20.7. The lowest BCUT2D eigenvalue weighted by Crippen LogP contribution is -2.59. The third-order valence-electron chi connectivity index (χ3n) is 5.86. The molecular formula is C25H33N7O2. The van der Waals surface area contributed by atoms with Crippen LogP contribution in [0.4, 0.5) is 16.4 Å². The molecule has 1 aliphatic rings. The third kappa shape index (κ3) is 5.53. The average molecular weight is 464 g/mol. The van der Waals surface area contributed by atoms with Gasteiger partial charge in [0, 0.05) is 25.4 Å². The van der Waals surface area contributed by atoms with E-state index in [9.17, 15) is 4.79 Å². The molecule has 3 heterocycles. The topological polar surface area (TPSA) is 97.2 Å². The molecule has 0 radical (unpaired) electrons. The number of amides is 2. The van der Waals surface area contributed by atoms with Crippen molar-refractivity contribution in [2.24, 2.45) is 7.05 Å². The molecule has 4 rings (SSSR count). The number of carbonyl (C=O) groups is 1. The van der Waals surface area contributed by atoms with Gasteiger partial charge in [-0.15, -0.1) is 0 Å². The summed E-state index contributed by atoms with van der Waals surface area (Å²) >= 11 is 0. The largest absolute Gasteiger partial charge is 0.369 e. The number of nitrogens with one attached hydrogen (secondary N) is 2. The van der Waals surface area contributed by atoms with Crippen molar-refractivity contribution in [1.82, 2.24) is 30.0 Å². The Morgan fingerprint density at radius 2 is 1.97 bits per heavy atom. The van der Waals surface area contributed by atoms with Gasteiger partial charge < -0.3 is 20.3 Å². The normalized spacial score (nSPS) is 14.1. The molecule has 0 bridgehead atoms. The molecule has 0 aliphatic carbocycles. The minimum Gasteiger partial charge on any atom is -0.369 e. The van der Waals surface area contributed by atoms with Gasteiger partial charge in [0.25, 0.3) is 0 Å². The van der Waals surface area contributed by atoms with Gasteiger partial charge in [-0.1, -0.05) is 12.1 Å². The number of hydrogen-bond donors (Lipinski definition) is 2. The van der Waals surface area contributed by atoms with Gasteiger partial charge in [0.05, 0.1) is 48.1 Å². The second-order valence-corrected chi connectivity index (χ2v) is 9.71. The molecule has 9 nitrogen and oxygen atoms in total. The molecule has 1 fully saturated rings. The average Bonchev–Trinajstić information content (AvgIpc) is 3.06. The molecular weight excluding hydrogens is 430 g/mol. The van der Waals surface area contributed by atoms with E-state index in [1.54, 1.807) is 22.0 Å². The fraction of sp³-hybridized carbons (Fsp3) is 0.440. The number of aryl methyl sites for hydroxylation is 2. The van der Waals surface area contributed by atoms with Crippen LogP contribution < -0.4 is 10.6 Å². The quantitative estimate of drug-likeness (QED) is 0.575. The highest BCUT2D eigenvalue weighted by Crippen LogP contribution is 2.24. The lowest BCUT2D eigenvalue weighted by molar-refractivity contribution is -0.111. The fourth-order valence-electron chi connectivity index (χ4n) is 3.84. The van der Waals surface area contributed by atoms with E-state index in [-0.39, 0.29) is 17.7 Å². The minimum absolute atomic E-state index is 0.0607. The Morgan fingerprint density at radius 1 is 1.21 bits per heavy atom. The minimum atomic E-state index is -0.190. The van der Waals surface area contributed by atoms with Gasteiger partial charge in [0.15, 0.2) is 0 Å². The first kappa shape index (κ1) is 23.7. The molecule has 180 valence electrons. The van der Waals surface area contributed by atoms with Gasteiger partial charge in [-0.2, -0.15) is 5.10 Å². The van der Waals surface area contributed by atoms with Crippen molar-refractivity contribution >= 4 is 17.7 Å². The molecule has 0 saturated carbocycles. The summed E-state index contributed by atoms with van der Waals surface area (Å²) in [5.41, 5.74) is 5.66. The van der Waals surface area contributed by atoms with Gasteiger partial charge in [-0.05, 0) is 57.9 Å². The third-order valence-corrected chi connectivity index (χ3v) is 5.86. The Bertz CT molecular complexity index is 1180. The monoisotopic (exact) mass is 463 g/mol. The standard InChI is InChI=1S/C25H33N7O2/c1-16-11-18(21-9-10-26-23(29-21)30-22-13-28-31(6)17(22)2)7-8-19(16)12-27-24(33)32-14-20(15-32)34-25(3,4)5/h7-11,13,20H,12,14-15H2,1-6H3,(H,27,33)(H,26,29,30). The van der Waals surface area contributed by atoms with Crippen molar-refractivity contribution in [3.8, 4) is 11.3 Å². The van der Waals surface area contributed by atoms with Crippen molar-refractivity contribution < 1.29 is 9.53 Å². The highest BCUT2D eigenvalue weighted by Gasteiger charge is 2.33. The number of carbonyl (C=O) groups excluding carboxylic acids is 1. The summed E-state index contributed by atoms with van der Waals surface area (Å²) in [6.07, 6.45) is 3.61. The second kappa shape index (κ2) is 9.42. The number of hydrogen-bond acceptors (Lipinski definition) is 6. The summed E-state index contributed by atoms with van der Waals surface area (Å²) in [5.74, 6) is 0.519. The first-order chi connectivity index (χ1) is 16.1. The fourth-order valence-corrected chi connectivity index (χ4v) is 3.84. The number of likely N-dealkylation sites (tertiary alicyclic amines) is 1. The van der Waals surface area contributed by atoms with Gasteiger partial charge in [0.1, 0.15) is 0 Å². The van der Waals surface area contributed by atoms with E-state index in [2.05, 4.69) is 31.8 Å². The van der Waals surface area contributed by atoms with E-state index in [1.807, 2.05) is 59.9 Å². The van der Waals surface area contributed by atoms with E-state index < -0.39 is 0 Å². The maximum absolute atomic E-state index is 12.5. The van der Waals surface area contributed by atoms with Gasteiger partial charge in [-0.25, -0.2) is 14.8 Å². The van der Waals surface area contributed by atoms with Crippen LogP contribution in [0.3, 0.4) is 0 Å². The van der Waals surface area contributed by atoms with E-state index in [0.29, 0.717) is 25.6 Å². The van der Waals surface area contributed by atoms with E-state index in [4.69, 9.17) is 4.74 Å². The smallest absolute Gasteiger partial charge is 0.317 e.